The van der Waals surface area contributed by atoms with Crippen molar-refractivity contribution in [3.63, 3.8) is 0 Å². The molecule has 2 rings (SSSR count). The second-order valence-corrected chi connectivity index (χ2v) is 8.19. The van der Waals surface area contributed by atoms with E-state index in [9.17, 15) is 18.0 Å². The molecule has 8 nitrogen and oxygen atoms in total. The number of carbonyl (C=O) groups excluding carboxylic acids is 2. The van der Waals surface area contributed by atoms with Crippen LogP contribution in [0.4, 0.5) is 5.69 Å². The number of amides is 1. The van der Waals surface area contributed by atoms with E-state index in [-0.39, 0.29) is 4.90 Å². The van der Waals surface area contributed by atoms with Crippen LogP contribution in [-0.2, 0) is 24.3 Å². The molecule has 28 heavy (non-hydrogen) atoms. The predicted octanol–water partition coefficient (Wildman–Crippen LogP) is 1.89. The van der Waals surface area contributed by atoms with Crippen LogP contribution >= 0.6 is 0 Å². The van der Waals surface area contributed by atoms with Crippen LogP contribution in [0.5, 0.6) is 5.75 Å². The zero-order valence-corrected chi connectivity index (χ0v) is 16.6. The second-order valence-electron chi connectivity index (χ2n) is 6.04. The van der Waals surface area contributed by atoms with Gasteiger partial charge in [0.15, 0.2) is 12.7 Å². The fourth-order valence-electron chi connectivity index (χ4n) is 2.12. The largest absolute Gasteiger partial charge is 0.479 e. The summed E-state index contributed by atoms with van der Waals surface area (Å²) in [5.41, 5.74) is 0.382. The number of para-hydroxylation sites is 1. The first-order valence-corrected chi connectivity index (χ1v) is 9.85. The quantitative estimate of drug-likeness (QED) is 0.672. The van der Waals surface area contributed by atoms with Crippen LogP contribution in [0.1, 0.15) is 6.92 Å². The Hall–Kier alpha value is -2.91. The van der Waals surface area contributed by atoms with Crippen molar-refractivity contribution in [3.05, 3.63) is 54.6 Å². The maximum Gasteiger partial charge on any atom is 0.347 e. The third kappa shape index (κ3) is 5.80. The molecule has 0 fully saturated rings. The van der Waals surface area contributed by atoms with Gasteiger partial charge in [0.05, 0.1) is 4.90 Å². The van der Waals surface area contributed by atoms with Gasteiger partial charge in [0.2, 0.25) is 10.0 Å². The number of rotatable bonds is 8. The van der Waals surface area contributed by atoms with Crippen molar-refractivity contribution in [2.75, 3.05) is 26.0 Å². The zero-order chi connectivity index (χ0) is 20.7. The lowest BCUT2D eigenvalue weighted by Crippen LogP contribution is -2.29. The van der Waals surface area contributed by atoms with Crippen molar-refractivity contribution in [3.8, 4) is 5.75 Å². The number of hydrogen-bond acceptors (Lipinski definition) is 6. The smallest absolute Gasteiger partial charge is 0.347 e. The molecule has 0 spiro atoms. The van der Waals surface area contributed by atoms with Crippen LogP contribution in [0.25, 0.3) is 0 Å². The third-order valence-electron chi connectivity index (χ3n) is 3.65. The predicted molar refractivity (Wildman–Crippen MR) is 103 cm³/mol. The molecule has 1 N–H and O–H groups in total. The number of hydrogen-bond donors (Lipinski definition) is 1. The normalized spacial score (nSPS) is 12.3. The number of nitrogens with one attached hydrogen (secondary N) is 1. The van der Waals surface area contributed by atoms with Crippen molar-refractivity contribution < 1.29 is 27.5 Å². The molecule has 0 aliphatic rings. The number of ether oxygens (including phenoxy) is 2. The molecule has 0 bridgehead atoms. The summed E-state index contributed by atoms with van der Waals surface area (Å²) in [6.07, 6.45) is -0.870. The minimum Gasteiger partial charge on any atom is -0.479 e. The number of benzene rings is 2. The van der Waals surface area contributed by atoms with Crippen LogP contribution in [-0.4, -0.2) is 51.4 Å². The molecule has 0 saturated carbocycles. The van der Waals surface area contributed by atoms with E-state index in [4.69, 9.17) is 9.47 Å². The first-order valence-electron chi connectivity index (χ1n) is 8.41. The zero-order valence-electron chi connectivity index (χ0n) is 15.8. The molecule has 1 atom stereocenters. The fraction of sp³-hybridized carbons (Fsp3) is 0.263. The summed E-state index contributed by atoms with van der Waals surface area (Å²) in [6, 6.07) is 14.5. The van der Waals surface area contributed by atoms with E-state index in [1.54, 1.807) is 24.3 Å². The van der Waals surface area contributed by atoms with Crippen molar-refractivity contribution in [2.24, 2.45) is 0 Å². The molecule has 0 heterocycles. The lowest BCUT2D eigenvalue weighted by atomic mass is 10.3. The number of nitrogens with zero attached hydrogens (tertiary/aromatic N) is 1. The number of esters is 1. The monoisotopic (exact) mass is 406 g/mol. The van der Waals surface area contributed by atoms with Gasteiger partial charge in [0.1, 0.15) is 5.75 Å². The van der Waals surface area contributed by atoms with Crippen LogP contribution in [0.15, 0.2) is 59.5 Å². The molecular weight excluding hydrogens is 384 g/mol. The molecule has 1 amide bonds. The van der Waals surface area contributed by atoms with Gasteiger partial charge in [-0.3, -0.25) is 4.79 Å². The third-order valence-corrected chi connectivity index (χ3v) is 5.48. The van der Waals surface area contributed by atoms with E-state index in [1.807, 2.05) is 6.07 Å². The molecule has 0 aliphatic heterocycles. The summed E-state index contributed by atoms with van der Waals surface area (Å²) in [7, 11) is -0.677. The molecule has 9 heteroatoms. The highest BCUT2D eigenvalue weighted by molar-refractivity contribution is 7.89. The van der Waals surface area contributed by atoms with Gasteiger partial charge in [-0.15, -0.1) is 0 Å². The van der Waals surface area contributed by atoms with E-state index >= 15 is 0 Å². The Morgan fingerprint density at radius 1 is 1.04 bits per heavy atom. The van der Waals surface area contributed by atoms with E-state index in [1.165, 1.54) is 45.3 Å². The Labute approximate surface area is 164 Å². The van der Waals surface area contributed by atoms with Crippen LogP contribution < -0.4 is 10.1 Å². The molecule has 2 aromatic rings. The van der Waals surface area contributed by atoms with Crippen LogP contribution in [0.3, 0.4) is 0 Å². The highest BCUT2D eigenvalue weighted by Crippen LogP contribution is 2.16. The Bertz CT molecular complexity index is 911. The second kappa shape index (κ2) is 9.34. The summed E-state index contributed by atoms with van der Waals surface area (Å²) in [6.45, 7) is 1.04. The molecule has 0 radical (unpaired) electrons. The van der Waals surface area contributed by atoms with Crippen LogP contribution in [0.2, 0.25) is 0 Å². The standard InChI is InChI=1S/C19H22N2O6S/c1-14(27-16-7-5-4-6-8-16)19(23)26-13-18(22)20-15-9-11-17(12-10-15)28(24,25)21(2)3/h4-12,14H,13H2,1-3H3,(H,20,22)/t14-/m0/s1. The summed E-state index contributed by atoms with van der Waals surface area (Å²) in [5, 5.41) is 2.53. The fourth-order valence-corrected chi connectivity index (χ4v) is 3.03. The molecule has 0 unspecified atom stereocenters. The van der Waals surface area contributed by atoms with E-state index in [0.29, 0.717) is 11.4 Å². The van der Waals surface area contributed by atoms with Gasteiger partial charge in [0, 0.05) is 19.8 Å². The summed E-state index contributed by atoms with van der Waals surface area (Å²) < 4.78 is 35.5. The molecule has 0 saturated heterocycles. The van der Waals surface area contributed by atoms with Crippen molar-refractivity contribution in [1.29, 1.82) is 0 Å². The number of sulfonamides is 1. The van der Waals surface area contributed by atoms with Gasteiger partial charge in [-0.25, -0.2) is 17.5 Å². The number of anilines is 1. The average molecular weight is 406 g/mol. The van der Waals surface area contributed by atoms with E-state index in [2.05, 4.69) is 5.32 Å². The summed E-state index contributed by atoms with van der Waals surface area (Å²) in [5.74, 6) is -0.709. The van der Waals surface area contributed by atoms with E-state index in [0.717, 1.165) is 4.31 Å². The van der Waals surface area contributed by atoms with Gasteiger partial charge in [-0.05, 0) is 43.3 Å². The van der Waals surface area contributed by atoms with Gasteiger partial charge in [0.25, 0.3) is 5.91 Å². The maximum atomic E-state index is 12.0. The molecule has 0 aliphatic carbocycles. The van der Waals surface area contributed by atoms with Crippen molar-refractivity contribution in [2.45, 2.75) is 17.9 Å². The number of carbonyl (C=O) groups is 2. The Morgan fingerprint density at radius 3 is 2.21 bits per heavy atom. The topological polar surface area (TPSA) is 102 Å². The van der Waals surface area contributed by atoms with Crippen molar-refractivity contribution in [1.82, 2.24) is 4.31 Å². The van der Waals surface area contributed by atoms with Crippen LogP contribution in [0, 0.1) is 0 Å². The SMILES string of the molecule is C[C@H](Oc1ccccc1)C(=O)OCC(=O)Nc1ccc(S(=O)(=O)N(C)C)cc1. The van der Waals surface area contributed by atoms with Gasteiger partial charge in [-0.2, -0.15) is 0 Å². The Kier molecular flexibility index (Phi) is 7.13. The van der Waals surface area contributed by atoms with Gasteiger partial charge < -0.3 is 14.8 Å². The van der Waals surface area contributed by atoms with E-state index < -0.39 is 34.6 Å². The van der Waals surface area contributed by atoms with Crippen molar-refractivity contribution >= 4 is 27.6 Å². The minimum absolute atomic E-state index is 0.105. The summed E-state index contributed by atoms with van der Waals surface area (Å²) >= 11 is 0. The highest BCUT2D eigenvalue weighted by atomic mass is 32.2. The van der Waals surface area contributed by atoms with Gasteiger partial charge in [-0.1, -0.05) is 18.2 Å². The summed E-state index contributed by atoms with van der Waals surface area (Å²) in [4.78, 5) is 24.0. The average Bonchev–Trinajstić information content (AvgIpc) is 2.67. The molecule has 150 valence electrons. The molecule has 2 aromatic carbocycles. The first kappa shape index (κ1) is 21.4. The van der Waals surface area contributed by atoms with Gasteiger partial charge >= 0.3 is 5.97 Å². The molecule has 0 aromatic heterocycles. The maximum absolute atomic E-state index is 12.0. The Morgan fingerprint density at radius 2 is 1.64 bits per heavy atom. The highest BCUT2D eigenvalue weighted by Gasteiger charge is 2.19. The first-order chi connectivity index (χ1) is 13.2. The Balaban J connectivity index is 1.84. The minimum atomic E-state index is -3.54. The lowest BCUT2D eigenvalue weighted by molar-refractivity contribution is -0.153. The molecular formula is C19H22N2O6S. The lowest BCUT2D eigenvalue weighted by Gasteiger charge is -2.14.